The summed E-state index contributed by atoms with van der Waals surface area (Å²) in [6.07, 6.45) is 1.68. The summed E-state index contributed by atoms with van der Waals surface area (Å²) in [6, 6.07) is 9.22. The van der Waals surface area contributed by atoms with Crippen LogP contribution in [0.5, 0.6) is 0 Å². The molecule has 2 aromatic rings. The number of carbonyl (C=O) groups is 1. The Balaban J connectivity index is 1.81. The number of thiazole rings is 1. The molecule has 3 rings (SSSR count). The maximum absolute atomic E-state index is 11.9. The van der Waals surface area contributed by atoms with Crippen LogP contribution in [0.2, 0.25) is 0 Å². The van der Waals surface area contributed by atoms with Crippen LogP contribution in [-0.4, -0.2) is 35.5 Å². The molecule has 1 aliphatic heterocycles. The number of hydrogen-bond acceptors (Lipinski definition) is 5. The maximum atomic E-state index is 11.9. The third kappa shape index (κ3) is 3.12. The Morgan fingerprint density at radius 3 is 2.90 bits per heavy atom. The molecule has 0 spiro atoms. The summed E-state index contributed by atoms with van der Waals surface area (Å²) in [5, 5.41) is 2.87. The van der Waals surface area contributed by atoms with Gasteiger partial charge < -0.3 is 10.5 Å². The van der Waals surface area contributed by atoms with Crippen LogP contribution < -0.4 is 5.73 Å². The molecule has 2 heterocycles. The van der Waals surface area contributed by atoms with Gasteiger partial charge in [0.2, 0.25) is 5.91 Å². The molecule has 0 bridgehead atoms. The van der Waals surface area contributed by atoms with Gasteiger partial charge in [-0.2, -0.15) is 0 Å². The van der Waals surface area contributed by atoms with Gasteiger partial charge >= 0.3 is 0 Å². The van der Waals surface area contributed by atoms with E-state index in [1.165, 1.54) is 0 Å². The Morgan fingerprint density at radius 2 is 2.24 bits per heavy atom. The fourth-order valence-corrected chi connectivity index (χ4v) is 3.31. The Labute approximate surface area is 127 Å². The average molecular weight is 303 g/mol. The van der Waals surface area contributed by atoms with E-state index in [-0.39, 0.29) is 12.0 Å². The topological polar surface area (TPSA) is 68.5 Å². The lowest BCUT2D eigenvalue weighted by Gasteiger charge is -2.36. The van der Waals surface area contributed by atoms with E-state index in [1.54, 1.807) is 17.5 Å². The molecule has 2 atom stereocenters. The van der Waals surface area contributed by atoms with Crippen LogP contribution in [0.25, 0.3) is 0 Å². The number of morpholine rings is 1. The molecule has 110 valence electrons. The monoisotopic (exact) mass is 303 g/mol. The molecule has 1 fully saturated rings. The quantitative estimate of drug-likeness (QED) is 0.934. The molecule has 0 saturated carbocycles. The van der Waals surface area contributed by atoms with Crippen LogP contribution in [0.4, 0.5) is 0 Å². The first kappa shape index (κ1) is 14.2. The van der Waals surface area contributed by atoms with Crippen molar-refractivity contribution in [1.29, 1.82) is 0 Å². The molecule has 1 aromatic carbocycles. The number of nitrogens with zero attached hydrogens (tertiary/aromatic N) is 2. The summed E-state index contributed by atoms with van der Waals surface area (Å²) < 4.78 is 5.77. The number of primary amides is 1. The normalized spacial score (nSPS) is 21.0. The fourth-order valence-electron chi connectivity index (χ4n) is 2.64. The second-order valence-electron chi connectivity index (χ2n) is 4.94. The van der Waals surface area contributed by atoms with Gasteiger partial charge in [-0.15, -0.1) is 11.3 Å². The summed E-state index contributed by atoms with van der Waals surface area (Å²) >= 11 is 1.57. The number of ether oxygens (including phenoxy) is 1. The van der Waals surface area contributed by atoms with Crippen LogP contribution in [-0.2, 0) is 9.53 Å². The first-order valence-corrected chi connectivity index (χ1v) is 7.73. The molecule has 0 unspecified atom stereocenters. The van der Waals surface area contributed by atoms with Gasteiger partial charge in [-0.1, -0.05) is 30.3 Å². The van der Waals surface area contributed by atoms with Gasteiger partial charge in [0, 0.05) is 24.7 Å². The molecule has 1 amide bonds. The fraction of sp³-hybridized carbons (Fsp3) is 0.333. The van der Waals surface area contributed by atoms with Crippen molar-refractivity contribution in [2.45, 2.75) is 12.1 Å². The lowest BCUT2D eigenvalue weighted by Crippen LogP contribution is -2.45. The lowest BCUT2D eigenvalue weighted by molar-refractivity contribution is -0.127. The molecule has 21 heavy (non-hydrogen) atoms. The predicted molar refractivity (Wildman–Crippen MR) is 80.8 cm³/mol. The van der Waals surface area contributed by atoms with E-state index >= 15 is 0 Å². The number of hydrogen-bond donors (Lipinski definition) is 1. The molecule has 1 aliphatic rings. The molecule has 0 aliphatic carbocycles. The van der Waals surface area contributed by atoms with Crippen LogP contribution in [0.15, 0.2) is 41.9 Å². The van der Waals surface area contributed by atoms with E-state index in [4.69, 9.17) is 10.5 Å². The summed E-state index contributed by atoms with van der Waals surface area (Å²) in [4.78, 5) is 18.3. The predicted octanol–water partition coefficient (Wildman–Crippen LogP) is 1.74. The van der Waals surface area contributed by atoms with Crippen LogP contribution >= 0.6 is 11.3 Å². The Kier molecular flexibility index (Phi) is 4.28. The Hall–Kier alpha value is -1.76. The summed E-state index contributed by atoms with van der Waals surface area (Å²) in [6.45, 7) is 1.88. The minimum atomic E-state index is -0.419. The van der Waals surface area contributed by atoms with Crippen molar-refractivity contribution < 1.29 is 9.53 Å². The molecule has 1 saturated heterocycles. The minimum Gasteiger partial charge on any atom is -0.368 e. The van der Waals surface area contributed by atoms with Crippen molar-refractivity contribution in [3.63, 3.8) is 0 Å². The van der Waals surface area contributed by atoms with E-state index in [9.17, 15) is 4.79 Å². The summed E-state index contributed by atoms with van der Waals surface area (Å²) in [7, 11) is 0. The average Bonchev–Trinajstić information content (AvgIpc) is 3.03. The van der Waals surface area contributed by atoms with E-state index in [0.717, 1.165) is 10.6 Å². The molecule has 0 radical (unpaired) electrons. The second kappa shape index (κ2) is 6.34. The van der Waals surface area contributed by atoms with Crippen molar-refractivity contribution in [3.05, 3.63) is 52.5 Å². The minimum absolute atomic E-state index is 0.0932. The van der Waals surface area contributed by atoms with Crippen molar-refractivity contribution in [3.8, 4) is 0 Å². The number of benzene rings is 1. The molecule has 6 heteroatoms. The van der Waals surface area contributed by atoms with Gasteiger partial charge in [0.15, 0.2) is 0 Å². The molecular formula is C15H17N3O2S. The van der Waals surface area contributed by atoms with Crippen LogP contribution in [0, 0.1) is 0 Å². The Bertz CT molecular complexity index is 588. The maximum Gasteiger partial charge on any atom is 0.239 e. The van der Waals surface area contributed by atoms with Gasteiger partial charge in [-0.3, -0.25) is 9.69 Å². The van der Waals surface area contributed by atoms with Crippen molar-refractivity contribution in [2.24, 2.45) is 5.73 Å². The van der Waals surface area contributed by atoms with Gasteiger partial charge in [-0.25, -0.2) is 4.98 Å². The third-order valence-electron chi connectivity index (χ3n) is 3.57. The number of rotatable bonds is 4. The van der Waals surface area contributed by atoms with Gasteiger partial charge in [-0.05, 0) is 5.56 Å². The highest BCUT2D eigenvalue weighted by Gasteiger charge is 2.32. The van der Waals surface area contributed by atoms with Crippen LogP contribution in [0.1, 0.15) is 22.7 Å². The first-order valence-electron chi connectivity index (χ1n) is 6.85. The van der Waals surface area contributed by atoms with Gasteiger partial charge in [0.05, 0.1) is 6.61 Å². The van der Waals surface area contributed by atoms with E-state index in [0.29, 0.717) is 19.7 Å². The zero-order chi connectivity index (χ0) is 14.7. The third-order valence-corrected chi connectivity index (χ3v) is 4.44. The number of amides is 1. The first-order chi connectivity index (χ1) is 10.3. The SMILES string of the molecule is NC(=O)[C@@H](c1ccccc1)N1CCO[C@@H](c2nccs2)C1. The number of aromatic nitrogens is 1. The molecule has 5 nitrogen and oxygen atoms in total. The molecule has 2 N–H and O–H groups in total. The second-order valence-corrected chi connectivity index (χ2v) is 5.87. The van der Waals surface area contributed by atoms with Crippen LogP contribution in [0.3, 0.4) is 0 Å². The van der Waals surface area contributed by atoms with Gasteiger partial charge in [0.25, 0.3) is 0 Å². The largest absolute Gasteiger partial charge is 0.368 e. The van der Waals surface area contributed by atoms with Crippen molar-refractivity contribution in [2.75, 3.05) is 19.7 Å². The number of nitrogens with two attached hydrogens (primary N) is 1. The molecule has 1 aromatic heterocycles. The zero-order valence-electron chi connectivity index (χ0n) is 11.5. The van der Waals surface area contributed by atoms with Gasteiger partial charge in [0.1, 0.15) is 17.2 Å². The van der Waals surface area contributed by atoms with E-state index in [2.05, 4.69) is 9.88 Å². The van der Waals surface area contributed by atoms with Crippen molar-refractivity contribution >= 4 is 17.2 Å². The van der Waals surface area contributed by atoms with E-state index < -0.39 is 6.04 Å². The number of carbonyl (C=O) groups excluding carboxylic acids is 1. The highest BCUT2D eigenvalue weighted by atomic mass is 32.1. The zero-order valence-corrected chi connectivity index (χ0v) is 12.3. The lowest BCUT2D eigenvalue weighted by atomic mass is 10.0. The van der Waals surface area contributed by atoms with E-state index in [1.807, 2.05) is 35.7 Å². The summed E-state index contributed by atoms with van der Waals surface area (Å²) in [5.41, 5.74) is 6.55. The highest BCUT2D eigenvalue weighted by Crippen LogP contribution is 2.29. The molecular weight excluding hydrogens is 286 g/mol. The summed E-state index contributed by atoms with van der Waals surface area (Å²) in [5.74, 6) is -0.332. The smallest absolute Gasteiger partial charge is 0.239 e. The highest BCUT2D eigenvalue weighted by molar-refractivity contribution is 7.09. The standard InChI is InChI=1S/C15H17N3O2S/c16-14(19)13(11-4-2-1-3-5-11)18-7-8-20-12(10-18)15-17-6-9-21-15/h1-6,9,12-13H,7-8,10H2,(H2,16,19)/t12-,13-/m1/s1. The Morgan fingerprint density at radius 1 is 1.43 bits per heavy atom. The van der Waals surface area contributed by atoms with Crippen molar-refractivity contribution in [1.82, 2.24) is 9.88 Å².